The van der Waals surface area contributed by atoms with Crippen molar-refractivity contribution >= 4 is 17.4 Å². The average Bonchev–Trinajstić information content (AvgIpc) is 3.17. The molecule has 2 aromatic rings. The highest BCUT2D eigenvalue weighted by Crippen LogP contribution is 2.32. The van der Waals surface area contributed by atoms with Crippen molar-refractivity contribution in [3.05, 3.63) is 53.7 Å². The Labute approximate surface area is 159 Å². The van der Waals surface area contributed by atoms with E-state index < -0.39 is 0 Å². The van der Waals surface area contributed by atoms with Gasteiger partial charge in [0.25, 0.3) is 5.91 Å². The molecule has 0 radical (unpaired) electrons. The van der Waals surface area contributed by atoms with Gasteiger partial charge in [-0.3, -0.25) is 4.79 Å². The third-order valence-electron chi connectivity index (χ3n) is 5.29. The molecule has 0 atom stereocenters. The second kappa shape index (κ2) is 7.66. The first-order valence-electron chi connectivity index (χ1n) is 9.57. The summed E-state index contributed by atoms with van der Waals surface area (Å²) in [7, 11) is 0. The highest BCUT2D eigenvalue weighted by atomic mass is 16.7. The summed E-state index contributed by atoms with van der Waals surface area (Å²) in [5, 5.41) is 2.92. The van der Waals surface area contributed by atoms with Crippen molar-refractivity contribution in [1.29, 1.82) is 0 Å². The van der Waals surface area contributed by atoms with Gasteiger partial charge in [0.05, 0.1) is 18.8 Å². The molecule has 0 unspecified atom stereocenters. The molecule has 6 heteroatoms. The number of amides is 1. The predicted octanol–water partition coefficient (Wildman–Crippen LogP) is 3.24. The molecule has 0 aliphatic carbocycles. The SMILES string of the molecule is CCc1ccc(NC(=O)c2ccc(N3CCC4(CC3)OCCO4)nc2)cc1. The molecule has 27 heavy (non-hydrogen) atoms. The zero-order chi connectivity index (χ0) is 18.7. The molecular formula is C21H25N3O3. The van der Waals surface area contributed by atoms with Crippen LogP contribution in [0.3, 0.4) is 0 Å². The number of pyridine rings is 1. The molecule has 2 fully saturated rings. The van der Waals surface area contributed by atoms with Crippen LogP contribution in [0.2, 0.25) is 0 Å². The van der Waals surface area contributed by atoms with Crippen molar-refractivity contribution < 1.29 is 14.3 Å². The van der Waals surface area contributed by atoms with Crippen molar-refractivity contribution in [2.75, 3.05) is 36.5 Å². The van der Waals surface area contributed by atoms with Gasteiger partial charge in [0.1, 0.15) is 5.82 Å². The van der Waals surface area contributed by atoms with Crippen LogP contribution in [-0.2, 0) is 15.9 Å². The molecule has 3 heterocycles. The molecule has 1 aromatic heterocycles. The number of hydrogen-bond donors (Lipinski definition) is 1. The first kappa shape index (κ1) is 17.9. The zero-order valence-electron chi connectivity index (χ0n) is 15.6. The van der Waals surface area contributed by atoms with Gasteiger partial charge in [0.15, 0.2) is 5.79 Å². The Kier molecular flexibility index (Phi) is 5.09. The van der Waals surface area contributed by atoms with Crippen LogP contribution >= 0.6 is 0 Å². The summed E-state index contributed by atoms with van der Waals surface area (Å²) in [6.07, 6.45) is 4.29. The average molecular weight is 367 g/mol. The zero-order valence-corrected chi connectivity index (χ0v) is 15.6. The van der Waals surface area contributed by atoms with E-state index in [9.17, 15) is 4.79 Å². The van der Waals surface area contributed by atoms with Crippen molar-refractivity contribution in [1.82, 2.24) is 4.98 Å². The molecule has 142 valence electrons. The summed E-state index contributed by atoms with van der Waals surface area (Å²) in [5.74, 6) is 0.347. The normalized spacial score (nSPS) is 18.6. The molecule has 2 saturated heterocycles. The summed E-state index contributed by atoms with van der Waals surface area (Å²) >= 11 is 0. The van der Waals surface area contributed by atoms with Gasteiger partial charge in [-0.25, -0.2) is 4.98 Å². The Morgan fingerprint density at radius 3 is 2.41 bits per heavy atom. The number of rotatable bonds is 4. The molecule has 1 aromatic carbocycles. The Bertz CT molecular complexity index is 773. The third kappa shape index (κ3) is 3.96. The van der Waals surface area contributed by atoms with Gasteiger partial charge in [-0.05, 0) is 36.2 Å². The quantitative estimate of drug-likeness (QED) is 0.899. The number of benzene rings is 1. The van der Waals surface area contributed by atoms with Gasteiger partial charge >= 0.3 is 0 Å². The molecule has 1 spiro atoms. The second-order valence-electron chi connectivity index (χ2n) is 7.00. The number of anilines is 2. The number of aromatic nitrogens is 1. The number of aryl methyl sites for hydroxylation is 1. The maximum Gasteiger partial charge on any atom is 0.257 e. The minimum atomic E-state index is -0.385. The van der Waals surface area contributed by atoms with Crippen LogP contribution in [0.1, 0.15) is 35.7 Å². The second-order valence-corrected chi connectivity index (χ2v) is 7.00. The molecule has 0 saturated carbocycles. The fourth-order valence-electron chi connectivity index (χ4n) is 3.60. The molecule has 1 amide bonds. The van der Waals surface area contributed by atoms with Gasteiger partial charge in [0.2, 0.25) is 0 Å². The topological polar surface area (TPSA) is 63.7 Å². The van der Waals surface area contributed by atoms with Crippen LogP contribution in [-0.4, -0.2) is 43.0 Å². The smallest absolute Gasteiger partial charge is 0.257 e. The van der Waals surface area contributed by atoms with E-state index in [1.807, 2.05) is 36.4 Å². The van der Waals surface area contributed by atoms with Crippen molar-refractivity contribution in [3.8, 4) is 0 Å². The number of nitrogens with zero attached hydrogens (tertiary/aromatic N) is 2. The lowest BCUT2D eigenvalue weighted by Gasteiger charge is -2.38. The minimum absolute atomic E-state index is 0.149. The summed E-state index contributed by atoms with van der Waals surface area (Å²) in [6.45, 7) is 5.15. The van der Waals surface area contributed by atoms with Crippen LogP contribution in [0.4, 0.5) is 11.5 Å². The lowest BCUT2D eigenvalue weighted by Crippen LogP contribution is -2.45. The van der Waals surface area contributed by atoms with E-state index >= 15 is 0 Å². The van der Waals surface area contributed by atoms with Crippen molar-refractivity contribution in [2.45, 2.75) is 32.0 Å². The van der Waals surface area contributed by atoms with E-state index in [2.05, 4.69) is 22.1 Å². The first-order valence-corrected chi connectivity index (χ1v) is 9.57. The maximum atomic E-state index is 12.4. The number of ether oxygens (including phenoxy) is 2. The highest BCUT2D eigenvalue weighted by Gasteiger charge is 2.39. The standard InChI is InChI=1S/C21H25N3O3/c1-2-16-3-6-18(7-4-16)23-20(25)17-5-8-19(22-15-17)24-11-9-21(10-12-24)26-13-14-27-21/h3-8,15H,2,9-14H2,1H3,(H,23,25). The van der Waals surface area contributed by atoms with Crippen LogP contribution in [0.5, 0.6) is 0 Å². The van der Waals surface area contributed by atoms with E-state index in [1.54, 1.807) is 6.20 Å². The third-order valence-corrected chi connectivity index (χ3v) is 5.29. The van der Waals surface area contributed by atoms with Crippen LogP contribution in [0.15, 0.2) is 42.6 Å². The van der Waals surface area contributed by atoms with Crippen LogP contribution < -0.4 is 10.2 Å². The number of hydrogen-bond acceptors (Lipinski definition) is 5. The monoisotopic (exact) mass is 367 g/mol. The lowest BCUT2D eigenvalue weighted by molar-refractivity contribution is -0.169. The van der Waals surface area contributed by atoms with Gasteiger partial charge in [-0.15, -0.1) is 0 Å². The van der Waals surface area contributed by atoms with Gasteiger partial charge in [-0.2, -0.15) is 0 Å². The fourth-order valence-corrected chi connectivity index (χ4v) is 3.60. The van der Waals surface area contributed by atoms with E-state index in [1.165, 1.54) is 5.56 Å². The summed E-state index contributed by atoms with van der Waals surface area (Å²) < 4.78 is 11.5. The first-order chi connectivity index (χ1) is 13.2. The Hall–Kier alpha value is -2.44. The van der Waals surface area contributed by atoms with E-state index in [-0.39, 0.29) is 11.7 Å². The highest BCUT2D eigenvalue weighted by molar-refractivity contribution is 6.04. The van der Waals surface area contributed by atoms with Crippen molar-refractivity contribution in [3.63, 3.8) is 0 Å². The van der Waals surface area contributed by atoms with Crippen LogP contribution in [0.25, 0.3) is 0 Å². The lowest BCUT2D eigenvalue weighted by atomic mass is 10.0. The van der Waals surface area contributed by atoms with E-state index in [0.29, 0.717) is 18.8 Å². The summed E-state index contributed by atoms with van der Waals surface area (Å²) in [5.41, 5.74) is 2.59. The van der Waals surface area contributed by atoms with Crippen LogP contribution in [0, 0.1) is 0 Å². The van der Waals surface area contributed by atoms with Crippen molar-refractivity contribution in [2.24, 2.45) is 0 Å². The predicted molar refractivity (Wildman–Crippen MR) is 104 cm³/mol. The van der Waals surface area contributed by atoms with Gasteiger partial charge < -0.3 is 19.7 Å². The molecule has 2 aliphatic heterocycles. The Balaban J connectivity index is 1.36. The molecular weight excluding hydrogens is 342 g/mol. The summed E-state index contributed by atoms with van der Waals surface area (Å²) in [4.78, 5) is 19.1. The number of carbonyl (C=O) groups is 1. The minimum Gasteiger partial charge on any atom is -0.356 e. The Morgan fingerprint density at radius 2 is 1.81 bits per heavy atom. The van der Waals surface area contributed by atoms with Gasteiger partial charge in [-0.1, -0.05) is 19.1 Å². The van der Waals surface area contributed by atoms with E-state index in [0.717, 1.165) is 43.9 Å². The molecule has 4 rings (SSSR count). The summed E-state index contributed by atoms with van der Waals surface area (Å²) in [6, 6.07) is 11.6. The number of carbonyl (C=O) groups excluding carboxylic acids is 1. The van der Waals surface area contributed by atoms with E-state index in [4.69, 9.17) is 9.47 Å². The molecule has 6 nitrogen and oxygen atoms in total. The molecule has 2 aliphatic rings. The molecule has 0 bridgehead atoms. The largest absolute Gasteiger partial charge is 0.356 e. The molecule has 1 N–H and O–H groups in total. The number of nitrogens with one attached hydrogen (secondary N) is 1. The Morgan fingerprint density at radius 1 is 1.11 bits per heavy atom. The maximum absolute atomic E-state index is 12.4. The van der Waals surface area contributed by atoms with Gasteiger partial charge in [0, 0.05) is 37.8 Å². The fraction of sp³-hybridized carbons (Fsp3) is 0.429. The number of piperidine rings is 1.